The van der Waals surface area contributed by atoms with Gasteiger partial charge in [0.15, 0.2) is 0 Å². The van der Waals surface area contributed by atoms with Gasteiger partial charge in [-0.25, -0.2) is 9.69 Å². The second-order valence-electron chi connectivity index (χ2n) is 9.11. The first-order chi connectivity index (χ1) is 17.5. The van der Waals surface area contributed by atoms with Crippen LogP contribution < -0.4 is 10.6 Å². The lowest BCUT2D eigenvalue weighted by molar-refractivity contribution is -0.137. The van der Waals surface area contributed by atoms with Crippen molar-refractivity contribution >= 4 is 17.6 Å². The van der Waals surface area contributed by atoms with Crippen molar-refractivity contribution in [1.82, 2.24) is 19.9 Å². The first-order valence-electron chi connectivity index (χ1n) is 11.4. The molecule has 1 saturated heterocycles. The fraction of sp³-hybridized carbons (Fsp3) is 0.320. The minimum Gasteiger partial charge on any atom is -0.330 e. The van der Waals surface area contributed by atoms with Crippen LogP contribution in [-0.4, -0.2) is 43.9 Å². The molecule has 2 N–H and O–H groups in total. The number of hydrogen-bond acceptors (Lipinski definition) is 6. The van der Waals surface area contributed by atoms with Crippen LogP contribution in [-0.2, 0) is 24.1 Å². The molecule has 12 heteroatoms. The van der Waals surface area contributed by atoms with E-state index in [0.29, 0.717) is 30.4 Å². The van der Waals surface area contributed by atoms with Gasteiger partial charge in [0.05, 0.1) is 29.1 Å². The Bertz CT molecular complexity index is 1370. The number of nitrogens with zero attached hydrogens (tertiary/aromatic N) is 6. The number of rotatable bonds is 7. The van der Waals surface area contributed by atoms with Crippen molar-refractivity contribution in [2.24, 2.45) is 5.73 Å². The zero-order valence-electron chi connectivity index (χ0n) is 20.2. The molecule has 0 aliphatic carbocycles. The third-order valence-corrected chi connectivity index (χ3v) is 6.23. The van der Waals surface area contributed by atoms with Crippen LogP contribution in [0.25, 0.3) is 11.3 Å². The van der Waals surface area contributed by atoms with Gasteiger partial charge in [-0.05, 0) is 50.6 Å². The summed E-state index contributed by atoms with van der Waals surface area (Å²) in [5, 5.41) is 17.3. The van der Waals surface area contributed by atoms with E-state index in [1.807, 2.05) is 12.1 Å². The molecule has 2 aromatic carbocycles. The van der Waals surface area contributed by atoms with Crippen LogP contribution in [0.3, 0.4) is 0 Å². The molecule has 1 aliphatic heterocycles. The number of urea groups is 1. The van der Waals surface area contributed by atoms with Crippen LogP contribution in [0.4, 0.5) is 23.7 Å². The predicted octanol–water partition coefficient (Wildman–Crippen LogP) is 3.93. The lowest BCUT2D eigenvalue weighted by atomic mass is 10.0. The molecule has 3 aromatic rings. The van der Waals surface area contributed by atoms with Crippen molar-refractivity contribution in [2.75, 3.05) is 11.4 Å². The molecule has 1 aromatic heterocycles. The summed E-state index contributed by atoms with van der Waals surface area (Å²) in [5.74, 6) is -0.666. The molecule has 0 saturated carbocycles. The number of imide groups is 1. The van der Waals surface area contributed by atoms with E-state index >= 15 is 0 Å². The molecule has 3 amide bonds. The summed E-state index contributed by atoms with van der Waals surface area (Å²) >= 11 is 0. The number of alkyl halides is 3. The molecule has 0 unspecified atom stereocenters. The van der Waals surface area contributed by atoms with Gasteiger partial charge in [0, 0.05) is 18.7 Å². The van der Waals surface area contributed by atoms with Gasteiger partial charge in [-0.1, -0.05) is 29.5 Å². The molecule has 0 spiro atoms. The van der Waals surface area contributed by atoms with Crippen molar-refractivity contribution in [3.05, 3.63) is 65.4 Å². The molecule has 2 heterocycles. The summed E-state index contributed by atoms with van der Waals surface area (Å²) < 4.78 is 42.1. The number of carbonyl (C=O) groups excluding carboxylic acids is 2. The fourth-order valence-corrected chi connectivity index (χ4v) is 4.09. The molecule has 0 bridgehead atoms. The zero-order chi connectivity index (χ0) is 27.0. The van der Waals surface area contributed by atoms with E-state index in [0.717, 1.165) is 23.0 Å². The highest BCUT2D eigenvalue weighted by atomic mass is 19.4. The SMILES string of the molecule is CC1(C)C(=O)N(c2ccc(C#N)c(C(F)(F)F)c2)C(=O)N1Cc1ccc(-c2cn(CCCN)nn2)cc1. The van der Waals surface area contributed by atoms with E-state index in [9.17, 15) is 22.8 Å². The van der Waals surface area contributed by atoms with Gasteiger partial charge in [-0.3, -0.25) is 9.48 Å². The number of aromatic nitrogens is 3. The van der Waals surface area contributed by atoms with Gasteiger partial charge in [-0.15, -0.1) is 5.10 Å². The number of carbonyl (C=O) groups is 2. The highest BCUT2D eigenvalue weighted by Gasteiger charge is 2.52. The van der Waals surface area contributed by atoms with Gasteiger partial charge < -0.3 is 10.6 Å². The summed E-state index contributed by atoms with van der Waals surface area (Å²) in [6.45, 7) is 4.33. The maximum atomic E-state index is 13.5. The number of hydrogen-bond donors (Lipinski definition) is 1. The minimum atomic E-state index is -4.82. The van der Waals surface area contributed by atoms with Crippen molar-refractivity contribution in [2.45, 2.75) is 45.1 Å². The molecular weight excluding hydrogens is 487 g/mol. The van der Waals surface area contributed by atoms with Crippen LogP contribution >= 0.6 is 0 Å². The average molecular weight is 512 g/mol. The zero-order valence-corrected chi connectivity index (χ0v) is 20.2. The van der Waals surface area contributed by atoms with Crippen LogP contribution in [0.1, 0.15) is 37.0 Å². The van der Waals surface area contributed by atoms with E-state index in [4.69, 9.17) is 11.0 Å². The van der Waals surface area contributed by atoms with E-state index in [1.54, 1.807) is 23.0 Å². The summed E-state index contributed by atoms with van der Waals surface area (Å²) in [7, 11) is 0. The highest BCUT2D eigenvalue weighted by molar-refractivity contribution is 6.23. The van der Waals surface area contributed by atoms with Gasteiger partial charge in [-0.2, -0.15) is 18.4 Å². The number of aryl methyl sites for hydroxylation is 1. The molecule has 4 rings (SSSR count). The third kappa shape index (κ3) is 4.90. The quantitative estimate of drug-likeness (QED) is 0.480. The van der Waals surface area contributed by atoms with Crippen molar-refractivity contribution in [1.29, 1.82) is 5.26 Å². The lowest BCUT2D eigenvalue weighted by Gasteiger charge is -2.27. The molecular formula is C25H24F3N7O2. The lowest BCUT2D eigenvalue weighted by Crippen LogP contribution is -2.43. The van der Waals surface area contributed by atoms with Gasteiger partial charge >= 0.3 is 12.2 Å². The first-order valence-corrected chi connectivity index (χ1v) is 11.4. The maximum Gasteiger partial charge on any atom is 0.417 e. The Hall–Kier alpha value is -4.24. The number of halogens is 3. The summed E-state index contributed by atoms with van der Waals surface area (Å²) in [4.78, 5) is 28.5. The largest absolute Gasteiger partial charge is 0.417 e. The van der Waals surface area contributed by atoms with Crippen LogP contribution in [0, 0.1) is 11.3 Å². The summed E-state index contributed by atoms with van der Waals surface area (Å²) in [6.07, 6.45) is -2.24. The monoisotopic (exact) mass is 511 g/mol. The van der Waals surface area contributed by atoms with Crippen molar-refractivity contribution in [3.8, 4) is 17.3 Å². The molecule has 1 aliphatic rings. The summed E-state index contributed by atoms with van der Waals surface area (Å²) in [5.41, 5.74) is 4.36. The Balaban J connectivity index is 1.57. The van der Waals surface area contributed by atoms with Crippen molar-refractivity contribution in [3.63, 3.8) is 0 Å². The number of nitrogens with two attached hydrogens (primary N) is 1. The van der Waals surface area contributed by atoms with E-state index in [2.05, 4.69) is 10.3 Å². The number of amides is 3. The van der Waals surface area contributed by atoms with Gasteiger partial charge in [0.1, 0.15) is 11.2 Å². The summed E-state index contributed by atoms with van der Waals surface area (Å²) in [6, 6.07) is 10.7. The number of benzene rings is 2. The highest BCUT2D eigenvalue weighted by Crippen LogP contribution is 2.38. The van der Waals surface area contributed by atoms with Gasteiger partial charge in [0.2, 0.25) is 0 Å². The molecule has 9 nitrogen and oxygen atoms in total. The molecule has 37 heavy (non-hydrogen) atoms. The molecule has 0 atom stereocenters. The van der Waals surface area contributed by atoms with E-state index in [1.165, 1.54) is 30.9 Å². The fourth-order valence-electron chi connectivity index (χ4n) is 4.09. The van der Waals surface area contributed by atoms with Crippen LogP contribution in [0.15, 0.2) is 48.7 Å². The van der Waals surface area contributed by atoms with E-state index < -0.39 is 34.8 Å². The predicted molar refractivity (Wildman–Crippen MR) is 128 cm³/mol. The topological polar surface area (TPSA) is 121 Å². The maximum absolute atomic E-state index is 13.5. The minimum absolute atomic E-state index is 0.0555. The molecule has 1 fully saturated rings. The Kier molecular flexibility index (Phi) is 6.75. The number of nitriles is 1. The Morgan fingerprint density at radius 1 is 1.11 bits per heavy atom. The Morgan fingerprint density at radius 3 is 2.43 bits per heavy atom. The first kappa shape index (κ1) is 25.8. The number of anilines is 1. The standard InChI is InChI=1S/C25H24F3N7O2/c1-24(2)22(36)35(19-9-8-18(13-30)20(12-19)25(26,27)28)23(37)34(24)14-16-4-6-17(7-5-16)21-15-33(32-31-21)11-3-10-29/h4-9,12,15H,3,10-11,14,29H2,1-2H3. The van der Waals surface area contributed by atoms with E-state index in [-0.39, 0.29) is 12.2 Å². The second kappa shape index (κ2) is 9.67. The van der Waals surface area contributed by atoms with Gasteiger partial charge in [0.25, 0.3) is 5.91 Å². The third-order valence-electron chi connectivity index (χ3n) is 6.23. The second-order valence-corrected chi connectivity index (χ2v) is 9.11. The Labute approximate surface area is 210 Å². The molecule has 0 radical (unpaired) electrons. The molecule has 192 valence electrons. The van der Waals surface area contributed by atoms with Crippen molar-refractivity contribution < 1.29 is 22.8 Å². The average Bonchev–Trinajstić information content (AvgIpc) is 3.40. The Morgan fingerprint density at radius 2 is 1.81 bits per heavy atom. The smallest absolute Gasteiger partial charge is 0.330 e. The van der Waals surface area contributed by atoms with Crippen LogP contribution in [0.5, 0.6) is 0 Å². The van der Waals surface area contributed by atoms with Crippen LogP contribution in [0.2, 0.25) is 0 Å². The normalized spacial score (nSPS) is 15.4.